The van der Waals surface area contributed by atoms with E-state index in [9.17, 15) is 9.59 Å². The smallest absolute Gasteiger partial charge is 0.319 e. The van der Waals surface area contributed by atoms with Crippen LogP contribution in [-0.4, -0.2) is 28.3 Å². The molecule has 0 radical (unpaired) electrons. The van der Waals surface area contributed by atoms with Crippen molar-refractivity contribution in [3.63, 3.8) is 0 Å². The Morgan fingerprint density at radius 1 is 1.59 bits per heavy atom. The van der Waals surface area contributed by atoms with Crippen molar-refractivity contribution >= 4 is 17.7 Å². The number of nitrogens with one attached hydrogen (secondary N) is 1. The zero-order chi connectivity index (χ0) is 12.8. The monoisotopic (exact) mass is 256 g/mol. The first-order valence-electron chi connectivity index (χ1n) is 5.45. The van der Waals surface area contributed by atoms with Crippen molar-refractivity contribution < 1.29 is 9.53 Å². The second-order valence-electron chi connectivity index (χ2n) is 3.43. The molecule has 0 aromatic carbocycles. The van der Waals surface area contributed by atoms with Gasteiger partial charge in [0, 0.05) is 11.8 Å². The molecule has 0 saturated carbocycles. The zero-order valence-electron chi connectivity index (χ0n) is 10.1. The van der Waals surface area contributed by atoms with Crippen LogP contribution in [0.15, 0.2) is 16.0 Å². The van der Waals surface area contributed by atoms with Crippen molar-refractivity contribution in [1.82, 2.24) is 9.97 Å². The largest absolute Gasteiger partial charge is 0.468 e. The number of ether oxygens (including phenoxy) is 1. The number of aryl methyl sites for hydroxylation is 1. The zero-order valence-corrected chi connectivity index (χ0v) is 11.0. The topological polar surface area (TPSA) is 72.0 Å². The summed E-state index contributed by atoms with van der Waals surface area (Å²) >= 11 is 1.22. The molecule has 0 saturated heterocycles. The van der Waals surface area contributed by atoms with Crippen LogP contribution in [0.25, 0.3) is 0 Å². The third-order valence-electron chi connectivity index (χ3n) is 2.22. The van der Waals surface area contributed by atoms with Gasteiger partial charge in [0.15, 0.2) is 5.16 Å². The summed E-state index contributed by atoms with van der Waals surface area (Å²) in [6.45, 7) is 3.81. The maximum Gasteiger partial charge on any atom is 0.319 e. The van der Waals surface area contributed by atoms with Gasteiger partial charge in [0.2, 0.25) is 0 Å². The molecule has 0 spiro atoms. The summed E-state index contributed by atoms with van der Waals surface area (Å²) in [4.78, 5) is 29.6. The minimum Gasteiger partial charge on any atom is -0.468 e. The molecule has 0 aliphatic rings. The number of H-pyrrole nitrogens is 1. The van der Waals surface area contributed by atoms with Gasteiger partial charge in [-0.3, -0.25) is 9.59 Å². The molecule has 1 rings (SSSR count). The molecule has 1 atom stereocenters. The van der Waals surface area contributed by atoms with Gasteiger partial charge in [-0.1, -0.05) is 25.6 Å². The van der Waals surface area contributed by atoms with Crippen LogP contribution in [0.4, 0.5) is 0 Å². The Morgan fingerprint density at radius 2 is 2.29 bits per heavy atom. The molecule has 1 aromatic heterocycles. The van der Waals surface area contributed by atoms with E-state index in [0.717, 1.165) is 5.69 Å². The molecule has 5 nitrogen and oxygen atoms in total. The highest BCUT2D eigenvalue weighted by Gasteiger charge is 2.19. The van der Waals surface area contributed by atoms with Gasteiger partial charge in [-0.25, -0.2) is 4.98 Å². The standard InChI is InChI=1S/C11H16N2O3S/c1-4-7-6-9(14)13-11(12-7)17-8(5-2)10(15)16-3/h6,8H,4-5H2,1-3H3,(H,12,13,14). The van der Waals surface area contributed by atoms with E-state index in [0.29, 0.717) is 18.0 Å². The van der Waals surface area contributed by atoms with Crippen LogP contribution in [0.1, 0.15) is 26.0 Å². The van der Waals surface area contributed by atoms with Crippen LogP contribution in [0.2, 0.25) is 0 Å². The lowest BCUT2D eigenvalue weighted by atomic mass is 10.3. The minimum atomic E-state index is -0.338. The van der Waals surface area contributed by atoms with Crippen molar-refractivity contribution in [3.8, 4) is 0 Å². The molecular weight excluding hydrogens is 240 g/mol. The highest BCUT2D eigenvalue weighted by molar-refractivity contribution is 8.00. The predicted molar refractivity (Wildman–Crippen MR) is 66.2 cm³/mol. The number of carbonyl (C=O) groups excluding carboxylic acids is 1. The lowest BCUT2D eigenvalue weighted by molar-refractivity contribution is -0.140. The number of nitrogens with zero attached hydrogens (tertiary/aromatic N) is 1. The molecule has 6 heteroatoms. The average molecular weight is 256 g/mol. The van der Waals surface area contributed by atoms with Gasteiger partial charge in [-0.2, -0.15) is 0 Å². The number of esters is 1. The lowest BCUT2D eigenvalue weighted by Gasteiger charge is -2.11. The van der Waals surface area contributed by atoms with Crippen LogP contribution in [0.5, 0.6) is 0 Å². The van der Waals surface area contributed by atoms with E-state index in [2.05, 4.69) is 14.7 Å². The Bertz CT molecular complexity index is 445. The SMILES string of the molecule is CCc1cc(=O)[nH]c(SC(CC)C(=O)OC)n1. The van der Waals surface area contributed by atoms with Crippen LogP contribution in [0.3, 0.4) is 0 Å². The van der Waals surface area contributed by atoms with Crippen molar-refractivity contribution in [2.24, 2.45) is 0 Å². The van der Waals surface area contributed by atoms with Crippen LogP contribution in [-0.2, 0) is 16.0 Å². The average Bonchev–Trinajstić information content (AvgIpc) is 2.34. The molecule has 94 valence electrons. The maximum absolute atomic E-state index is 11.4. The van der Waals surface area contributed by atoms with Gasteiger partial charge in [0.05, 0.1) is 7.11 Å². The minimum absolute atomic E-state index is 0.195. The lowest BCUT2D eigenvalue weighted by Crippen LogP contribution is -2.19. The Kier molecular flexibility index (Phi) is 5.21. The van der Waals surface area contributed by atoms with E-state index in [1.54, 1.807) is 0 Å². The van der Waals surface area contributed by atoms with Gasteiger partial charge >= 0.3 is 5.97 Å². The number of hydrogen-bond donors (Lipinski definition) is 1. The summed E-state index contributed by atoms with van der Waals surface area (Å²) in [7, 11) is 1.35. The normalized spacial score (nSPS) is 12.2. The molecule has 1 N–H and O–H groups in total. The second-order valence-corrected chi connectivity index (χ2v) is 4.62. The van der Waals surface area contributed by atoms with Gasteiger partial charge in [0.1, 0.15) is 5.25 Å². The Balaban J connectivity index is 2.89. The molecule has 0 aliphatic carbocycles. The molecule has 0 fully saturated rings. The quantitative estimate of drug-likeness (QED) is 0.489. The fourth-order valence-corrected chi connectivity index (χ4v) is 2.24. The summed E-state index contributed by atoms with van der Waals surface area (Å²) in [5.41, 5.74) is 0.523. The number of thioether (sulfide) groups is 1. The number of aromatic amines is 1. The Hall–Kier alpha value is -1.30. The summed E-state index contributed by atoms with van der Waals surface area (Å²) in [6, 6.07) is 1.46. The van der Waals surface area contributed by atoms with Crippen molar-refractivity contribution in [2.45, 2.75) is 37.1 Å². The molecule has 0 aliphatic heterocycles. The molecule has 1 unspecified atom stereocenters. The van der Waals surface area contributed by atoms with Gasteiger partial charge in [-0.15, -0.1) is 0 Å². The van der Waals surface area contributed by atoms with Gasteiger partial charge in [0.25, 0.3) is 5.56 Å². The van der Waals surface area contributed by atoms with E-state index in [4.69, 9.17) is 0 Å². The number of aromatic nitrogens is 2. The maximum atomic E-state index is 11.4. The van der Waals surface area contributed by atoms with E-state index < -0.39 is 0 Å². The fourth-order valence-electron chi connectivity index (χ4n) is 1.28. The molecule has 17 heavy (non-hydrogen) atoms. The first-order valence-corrected chi connectivity index (χ1v) is 6.33. The highest BCUT2D eigenvalue weighted by atomic mass is 32.2. The van der Waals surface area contributed by atoms with E-state index in [1.165, 1.54) is 24.9 Å². The molecule has 0 amide bonds. The summed E-state index contributed by atoms with van der Waals surface area (Å²) in [6.07, 6.45) is 1.31. The predicted octanol–water partition coefficient (Wildman–Crippen LogP) is 1.38. The van der Waals surface area contributed by atoms with Crippen LogP contribution in [0, 0.1) is 0 Å². The molecule has 1 heterocycles. The van der Waals surface area contributed by atoms with E-state index >= 15 is 0 Å². The Morgan fingerprint density at radius 3 is 2.82 bits per heavy atom. The van der Waals surface area contributed by atoms with Crippen LogP contribution >= 0.6 is 11.8 Å². The summed E-state index contributed by atoms with van der Waals surface area (Å²) in [5, 5.41) is 0.127. The number of rotatable bonds is 5. The summed E-state index contributed by atoms with van der Waals surface area (Å²) in [5.74, 6) is -0.304. The molecule has 0 bridgehead atoms. The third-order valence-corrected chi connectivity index (χ3v) is 3.45. The number of carbonyl (C=O) groups is 1. The second kappa shape index (κ2) is 6.44. The van der Waals surface area contributed by atoms with Crippen molar-refractivity contribution in [1.29, 1.82) is 0 Å². The summed E-state index contributed by atoms with van der Waals surface area (Å²) < 4.78 is 4.68. The Labute approximate surface area is 104 Å². The van der Waals surface area contributed by atoms with Gasteiger partial charge in [-0.05, 0) is 12.8 Å². The van der Waals surface area contributed by atoms with Crippen LogP contribution < -0.4 is 5.56 Å². The van der Waals surface area contributed by atoms with E-state index in [-0.39, 0.29) is 16.8 Å². The van der Waals surface area contributed by atoms with Gasteiger partial charge < -0.3 is 9.72 Å². The van der Waals surface area contributed by atoms with E-state index in [1.807, 2.05) is 13.8 Å². The van der Waals surface area contributed by atoms with Crippen molar-refractivity contribution in [2.75, 3.05) is 7.11 Å². The third kappa shape index (κ3) is 3.89. The van der Waals surface area contributed by atoms with Crippen molar-refractivity contribution in [3.05, 3.63) is 22.1 Å². The molecule has 1 aromatic rings. The first-order chi connectivity index (χ1) is 8.10. The highest BCUT2D eigenvalue weighted by Crippen LogP contribution is 2.22. The number of methoxy groups -OCH3 is 1. The number of hydrogen-bond acceptors (Lipinski definition) is 5. The molecular formula is C11H16N2O3S. The first kappa shape index (κ1) is 13.8. The fraction of sp³-hybridized carbons (Fsp3) is 0.545.